The number of carbonyl (C=O) groups is 1. The van der Waals surface area contributed by atoms with E-state index in [0.29, 0.717) is 38.5 Å². The van der Waals surface area contributed by atoms with E-state index < -0.39 is 11.8 Å². The second kappa shape index (κ2) is 6.25. The molecule has 0 saturated carbocycles. The van der Waals surface area contributed by atoms with Crippen molar-refractivity contribution in [1.29, 1.82) is 0 Å². The first-order valence-electron chi connectivity index (χ1n) is 6.93. The zero-order chi connectivity index (χ0) is 15.5. The van der Waals surface area contributed by atoms with Crippen molar-refractivity contribution in [2.24, 2.45) is 0 Å². The molecule has 3 rings (SSSR count). The summed E-state index contributed by atoms with van der Waals surface area (Å²) in [7, 11) is 0. The summed E-state index contributed by atoms with van der Waals surface area (Å²) in [4.78, 5) is 17.5. The quantitative estimate of drug-likeness (QED) is 0.931. The lowest BCUT2D eigenvalue weighted by Gasteiger charge is -2.25. The van der Waals surface area contributed by atoms with Gasteiger partial charge in [-0.1, -0.05) is 12.1 Å². The highest BCUT2D eigenvalue weighted by Crippen LogP contribution is 2.25. The van der Waals surface area contributed by atoms with Gasteiger partial charge in [-0.2, -0.15) is 0 Å². The minimum Gasteiger partial charge on any atom is -0.475 e. The van der Waals surface area contributed by atoms with Crippen molar-refractivity contribution in [1.82, 2.24) is 9.88 Å². The van der Waals surface area contributed by atoms with Crippen LogP contribution in [0.4, 0.5) is 4.39 Å². The number of benzene rings is 1. The summed E-state index contributed by atoms with van der Waals surface area (Å²) in [6.45, 7) is 2.92. The molecule has 0 unspecified atom stereocenters. The second-order valence-corrected chi connectivity index (χ2v) is 4.97. The van der Waals surface area contributed by atoms with Gasteiger partial charge in [-0.05, 0) is 12.1 Å². The Labute approximate surface area is 126 Å². The molecule has 0 aliphatic carbocycles. The van der Waals surface area contributed by atoms with E-state index in [0.717, 1.165) is 0 Å². The molecule has 0 atom stereocenters. The van der Waals surface area contributed by atoms with E-state index in [4.69, 9.17) is 9.15 Å². The molecule has 2 aromatic rings. The molecule has 1 aliphatic heterocycles. The van der Waals surface area contributed by atoms with Gasteiger partial charge >= 0.3 is 5.97 Å². The Morgan fingerprint density at radius 2 is 2.05 bits per heavy atom. The predicted octanol–water partition coefficient (Wildman–Crippen LogP) is 2.01. The average Bonchev–Trinajstić information content (AvgIpc) is 2.92. The summed E-state index contributed by atoms with van der Waals surface area (Å²) in [6.07, 6.45) is 0. The molecule has 1 aliphatic rings. The minimum atomic E-state index is -1.21. The minimum absolute atomic E-state index is 0.0150. The molecular formula is C15H15FN2O4. The highest BCUT2D eigenvalue weighted by atomic mass is 19.1. The van der Waals surface area contributed by atoms with Crippen molar-refractivity contribution in [2.75, 3.05) is 26.3 Å². The number of hydrogen-bond acceptors (Lipinski definition) is 5. The molecule has 1 aromatic heterocycles. The lowest BCUT2D eigenvalue weighted by molar-refractivity contribution is 0.0332. The van der Waals surface area contributed by atoms with E-state index in [-0.39, 0.29) is 17.2 Å². The van der Waals surface area contributed by atoms with Gasteiger partial charge in [-0.25, -0.2) is 14.2 Å². The van der Waals surface area contributed by atoms with Gasteiger partial charge in [0.15, 0.2) is 0 Å². The van der Waals surface area contributed by atoms with Gasteiger partial charge in [0.25, 0.3) is 0 Å². The third-order valence-corrected chi connectivity index (χ3v) is 3.47. The number of halogens is 1. The number of aromatic carboxylic acids is 1. The van der Waals surface area contributed by atoms with E-state index in [1.807, 2.05) is 4.90 Å². The molecular weight excluding hydrogens is 291 g/mol. The van der Waals surface area contributed by atoms with Gasteiger partial charge in [0.2, 0.25) is 11.7 Å². The maximum atomic E-state index is 13.8. The van der Waals surface area contributed by atoms with Crippen molar-refractivity contribution in [3.63, 3.8) is 0 Å². The molecule has 1 saturated heterocycles. The lowest BCUT2D eigenvalue weighted by atomic mass is 10.2. The topological polar surface area (TPSA) is 75.8 Å². The molecule has 7 heteroatoms. The first-order valence-corrected chi connectivity index (χ1v) is 6.93. The third-order valence-electron chi connectivity index (χ3n) is 3.47. The van der Waals surface area contributed by atoms with Crippen molar-refractivity contribution in [2.45, 2.75) is 6.54 Å². The molecule has 2 heterocycles. The van der Waals surface area contributed by atoms with E-state index in [1.54, 1.807) is 12.1 Å². The maximum absolute atomic E-state index is 13.8. The number of nitrogens with zero attached hydrogens (tertiary/aromatic N) is 2. The average molecular weight is 306 g/mol. The molecule has 0 spiro atoms. The third kappa shape index (κ3) is 3.00. The highest BCUT2D eigenvalue weighted by molar-refractivity contribution is 5.86. The van der Waals surface area contributed by atoms with Crippen LogP contribution < -0.4 is 0 Å². The van der Waals surface area contributed by atoms with E-state index in [1.165, 1.54) is 12.1 Å². The van der Waals surface area contributed by atoms with Crippen LogP contribution in [0.1, 0.15) is 16.2 Å². The summed E-state index contributed by atoms with van der Waals surface area (Å²) in [5.41, 5.74) is 0.450. The Bertz CT molecular complexity index is 680. The Morgan fingerprint density at radius 1 is 1.32 bits per heavy atom. The van der Waals surface area contributed by atoms with Crippen molar-refractivity contribution in [3.8, 4) is 11.5 Å². The van der Waals surface area contributed by atoms with Crippen molar-refractivity contribution in [3.05, 3.63) is 41.5 Å². The zero-order valence-corrected chi connectivity index (χ0v) is 11.8. The number of oxazole rings is 1. The first-order chi connectivity index (χ1) is 10.6. The molecule has 22 heavy (non-hydrogen) atoms. The van der Waals surface area contributed by atoms with Crippen LogP contribution in [-0.2, 0) is 11.3 Å². The molecule has 0 amide bonds. The van der Waals surface area contributed by atoms with Gasteiger partial charge in [0.05, 0.1) is 18.8 Å². The van der Waals surface area contributed by atoms with E-state index in [9.17, 15) is 14.3 Å². The van der Waals surface area contributed by atoms with Crippen LogP contribution in [0.2, 0.25) is 0 Å². The van der Waals surface area contributed by atoms with Crippen LogP contribution in [0, 0.1) is 5.82 Å². The number of ether oxygens (including phenoxy) is 1. The second-order valence-electron chi connectivity index (χ2n) is 4.97. The summed E-state index contributed by atoms with van der Waals surface area (Å²) < 4.78 is 24.3. The zero-order valence-electron chi connectivity index (χ0n) is 11.8. The Hall–Kier alpha value is -2.25. The summed E-state index contributed by atoms with van der Waals surface area (Å²) in [6, 6.07) is 5.98. The van der Waals surface area contributed by atoms with Gasteiger partial charge in [-0.3, -0.25) is 4.90 Å². The number of aromatic nitrogens is 1. The fourth-order valence-electron chi connectivity index (χ4n) is 2.35. The molecule has 1 aromatic carbocycles. The predicted molar refractivity (Wildman–Crippen MR) is 75.0 cm³/mol. The molecule has 0 radical (unpaired) electrons. The van der Waals surface area contributed by atoms with Crippen LogP contribution >= 0.6 is 0 Å². The van der Waals surface area contributed by atoms with Crippen molar-refractivity contribution >= 4 is 5.97 Å². The smallest absolute Gasteiger partial charge is 0.373 e. The molecule has 6 nitrogen and oxygen atoms in total. The van der Waals surface area contributed by atoms with E-state index in [2.05, 4.69) is 4.98 Å². The van der Waals surface area contributed by atoms with Crippen molar-refractivity contribution < 1.29 is 23.4 Å². The number of carboxylic acids is 1. The number of morpholine rings is 1. The van der Waals surface area contributed by atoms with Gasteiger partial charge in [0.1, 0.15) is 11.5 Å². The lowest BCUT2D eigenvalue weighted by Crippen LogP contribution is -2.36. The largest absolute Gasteiger partial charge is 0.475 e. The molecule has 1 N–H and O–H groups in total. The van der Waals surface area contributed by atoms with Gasteiger partial charge in [0, 0.05) is 19.6 Å². The summed E-state index contributed by atoms with van der Waals surface area (Å²) in [5, 5.41) is 9.25. The summed E-state index contributed by atoms with van der Waals surface area (Å²) in [5.74, 6) is -1.97. The Balaban J connectivity index is 1.92. The Morgan fingerprint density at radius 3 is 2.73 bits per heavy atom. The van der Waals surface area contributed by atoms with Gasteiger partial charge < -0.3 is 14.3 Å². The van der Waals surface area contributed by atoms with Crippen LogP contribution in [0.3, 0.4) is 0 Å². The number of hydrogen-bond donors (Lipinski definition) is 1. The highest BCUT2D eigenvalue weighted by Gasteiger charge is 2.24. The molecule has 1 fully saturated rings. The van der Waals surface area contributed by atoms with Crippen LogP contribution in [0.15, 0.2) is 28.7 Å². The molecule has 0 bridgehead atoms. The van der Waals surface area contributed by atoms with Gasteiger partial charge in [-0.15, -0.1) is 0 Å². The summed E-state index contributed by atoms with van der Waals surface area (Å²) >= 11 is 0. The van der Waals surface area contributed by atoms with Crippen LogP contribution in [-0.4, -0.2) is 47.3 Å². The molecule has 116 valence electrons. The normalized spacial score (nSPS) is 15.9. The maximum Gasteiger partial charge on any atom is 0.373 e. The van der Waals surface area contributed by atoms with Crippen LogP contribution in [0.5, 0.6) is 0 Å². The first kappa shape index (κ1) is 14.7. The fraction of sp³-hybridized carbons (Fsp3) is 0.333. The fourth-order valence-corrected chi connectivity index (χ4v) is 2.35. The standard InChI is InChI=1S/C15H15FN2O4/c16-11-4-2-1-3-10(11)14-17-12(13(22-14)15(19)20)9-18-5-7-21-8-6-18/h1-4H,5-9H2,(H,19,20). The van der Waals surface area contributed by atoms with E-state index >= 15 is 0 Å². The number of carboxylic acid groups (broad SMARTS) is 1. The number of rotatable bonds is 4. The SMILES string of the molecule is O=C(O)c1oc(-c2ccccc2F)nc1CN1CCOCC1. The van der Waals surface area contributed by atoms with Crippen LogP contribution in [0.25, 0.3) is 11.5 Å². The Kier molecular flexibility index (Phi) is 4.17. The monoisotopic (exact) mass is 306 g/mol.